The molecule has 0 aliphatic carbocycles. The Labute approximate surface area is 135 Å². The highest BCUT2D eigenvalue weighted by Crippen LogP contribution is 2.22. The van der Waals surface area contributed by atoms with Gasteiger partial charge in [0.1, 0.15) is 6.54 Å². The van der Waals surface area contributed by atoms with Gasteiger partial charge in [0.15, 0.2) is 5.75 Å². The normalized spacial score (nSPS) is 10.4. The zero-order valence-corrected chi connectivity index (χ0v) is 13.8. The van der Waals surface area contributed by atoms with E-state index >= 15 is 0 Å². The van der Waals surface area contributed by atoms with Crippen LogP contribution in [-0.2, 0) is 24.2 Å². The highest BCUT2D eigenvalue weighted by atomic mass is 16.5. The van der Waals surface area contributed by atoms with Gasteiger partial charge in [0.2, 0.25) is 5.91 Å². The largest absolute Gasteiger partial charge is 0.491 e. The molecule has 0 spiro atoms. The molecule has 2 aromatic rings. The molecule has 0 fully saturated rings. The molecule has 0 atom stereocenters. The molecule has 0 aliphatic rings. The van der Waals surface area contributed by atoms with Crippen LogP contribution in [0.4, 0.5) is 5.69 Å². The van der Waals surface area contributed by atoms with Crippen molar-refractivity contribution in [3.8, 4) is 5.75 Å². The molecule has 122 valence electrons. The number of hydrogen-bond donors (Lipinski definition) is 1. The lowest BCUT2D eigenvalue weighted by molar-refractivity contribution is -0.116. The summed E-state index contributed by atoms with van der Waals surface area (Å²) in [6.45, 7) is 4.06. The monoisotopic (exact) mass is 314 g/mol. The second kappa shape index (κ2) is 7.63. The number of aryl methyl sites for hydroxylation is 2. The minimum absolute atomic E-state index is 0.0444. The van der Waals surface area contributed by atoms with E-state index in [0.29, 0.717) is 0 Å². The smallest absolute Gasteiger partial charge is 0.293 e. The van der Waals surface area contributed by atoms with Crippen LogP contribution >= 0.6 is 0 Å². The van der Waals surface area contributed by atoms with Gasteiger partial charge in [0.25, 0.3) is 5.56 Å². The third-order valence-corrected chi connectivity index (χ3v) is 3.78. The first kappa shape index (κ1) is 16.8. The number of aromatic nitrogens is 1. The quantitative estimate of drug-likeness (QED) is 0.891. The van der Waals surface area contributed by atoms with Crippen molar-refractivity contribution in [1.29, 1.82) is 0 Å². The lowest BCUT2D eigenvalue weighted by Crippen LogP contribution is -2.28. The first-order chi connectivity index (χ1) is 11.1. The molecule has 1 amide bonds. The maximum Gasteiger partial charge on any atom is 0.293 e. The van der Waals surface area contributed by atoms with Crippen LogP contribution in [0.2, 0.25) is 0 Å². The summed E-state index contributed by atoms with van der Waals surface area (Å²) in [6, 6.07) is 9.28. The second-order valence-electron chi connectivity index (χ2n) is 5.22. The van der Waals surface area contributed by atoms with E-state index in [0.717, 1.165) is 29.7 Å². The second-order valence-corrected chi connectivity index (χ2v) is 5.22. The highest BCUT2D eigenvalue weighted by Gasteiger charge is 2.12. The van der Waals surface area contributed by atoms with Crippen molar-refractivity contribution in [3.63, 3.8) is 0 Å². The van der Waals surface area contributed by atoms with Gasteiger partial charge in [-0.1, -0.05) is 32.0 Å². The molecule has 0 saturated carbocycles. The van der Waals surface area contributed by atoms with Crippen molar-refractivity contribution in [1.82, 2.24) is 4.57 Å². The van der Waals surface area contributed by atoms with Gasteiger partial charge in [-0.15, -0.1) is 0 Å². The molecule has 1 N–H and O–H groups in total. The molecule has 5 nitrogen and oxygen atoms in total. The van der Waals surface area contributed by atoms with E-state index in [1.54, 1.807) is 18.3 Å². The topological polar surface area (TPSA) is 60.3 Å². The number of amides is 1. The number of methoxy groups -OCH3 is 1. The van der Waals surface area contributed by atoms with Crippen molar-refractivity contribution >= 4 is 11.6 Å². The minimum Gasteiger partial charge on any atom is -0.491 e. The molecule has 1 aromatic heterocycles. The molecule has 23 heavy (non-hydrogen) atoms. The van der Waals surface area contributed by atoms with Crippen molar-refractivity contribution in [2.24, 2.45) is 0 Å². The molecule has 0 unspecified atom stereocenters. The number of benzene rings is 1. The maximum absolute atomic E-state index is 12.4. The van der Waals surface area contributed by atoms with E-state index in [9.17, 15) is 9.59 Å². The number of nitrogens with one attached hydrogen (secondary N) is 1. The van der Waals surface area contributed by atoms with Crippen LogP contribution in [0.25, 0.3) is 0 Å². The van der Waals surface area contributed by atoms with E-state index < -0.39 is 0 Å². The summed E-state index contributed by atoms with van der Waals surface area (Å²) >= 11 is 0. The highest BCUT2D eigenvalue weighted by molar-refractivity contribution is 5.92. The summed E-state index contributed by atoms with van der Waals surface area (Å²) in [5.41, 5.74) is 2.73. The molecular weight excluding hydrogens is 292 g/mol. The van der Waals surface area contributed by atoms with Gasteiger partial charge < -0.3 is 14.6 Å². The van der Waals surface area contributed by atoms with Gasteiger partial charge in [-0.05, 0) is 36.1 Å². The number of para-hydroxylation sites is 1. The summed E-state index contributed by atoms with van der Waals surface area (Å²) in [5.74, 6) is -0.000501. The van der Waals surface area contributed by atoms with Gasteiger partial charge in [-0.25, -0.2) is 0 Å². The molecule has 0 radical (unpaired) electrons. The van der Waals surface area contributed by atoms with E-state index in [1.165, 1.54) is 11.7 Å². The fourth-order valence-corrected chi connectivity index (χ4v) is 2.53. The Morgan fingerprint density at radius 1 is 1.13 bits per heavy atom. The van der Waals surface area contributed by atoms with Gasteiger partial charge in [0.05, 0.1) is 7.11 Å². The molecule has 1 heterocycles. The number of anilines is 1. The Kier molecular flexibility index (Phi) is 5.57. The van der Waals surface area contributed by atoms with Crippen LogP contribution < -0.4 is 15.6 Å². The summed E-state index contributed by atoms with van der Waals surface area (Å²) in [6.07, 6.45) is 3.25. The Morgan fingerprint density at radius 2 is 1.78 bits per heavy atom. The first-order valence-electron chi connectivity index (χ1n) is 7.74. The lowest BCUT2D eigenvalue weighted by Gasteiger charge is -2.15. The Bertz CT molecular complexity index is 728. The molecular formula is C18H22N2O3. The van der Waals surface area contributed by atoms with E-state index in [4.69, 9.17) is 4.74 Å². The number of ether oxygens (including phenoxy) is 1. The Morgan fingerprint density at radius 3 is 2.35 bits per heavy atom. The molecule has 0 bridgehead atoms. The molecule has 5 heteroatoms. The molecule has 2 rings (SSSR count). The number of nitrogens with zero attached hydrogens (tertiary/aromatic N) is 1. The molecule has 0 aliphatic heterocycles. The van der Waals surface area contributed by atoms with Crippen molar-refractivity contribution < 1.29 is 9.53 Å². The van der Waals surface area contributed by atoms with Gasteiger partial charge in [-0.2, -0.15) is 0 Å². The summed E-state index contributed by atoms with van der Waals surface area (Å²) in [4.78, 5) is 24.5. The fraction of sp³-hybridized carbons (Fsp3) is 0.333. The lowest BCUT2D eigenvalue weighted by atomic mass is 10.0. The average Bonchev–Trinajstić information content (AvgIpc) is 2.57. The number of carbonyl (C=O) groups excluding carboxylic acids is 1. The van der Waals surface area contributed by atoms with Crippen LogP contribution in [0.1, 0.15) is 25.0 Å². The summed E-state index contributed by atoms with van der Waals surface area (Å²) < 4.78 is 6.34. The minimum atomic E-state index is -0.315. The molecule has 1 aromatic carbocycles. The van der Waals surface area contributed by atoms with Gasteiger partial charge >= 0.3 is 0 Å². The SMILES string of the molecule is CCc1cccc(CC)c1NC(=O)Cn1cccc(OC)c1=O. The first-order valence-corrected chi connectivity index (χ1v) is 7.74. The van der Waals surface area contributed by atoms with Gasteiger partial charge in [-0.3, -0.25) is 9.59 Å². The van der Waals surface area contributed by atoms with Crippen LogP contribution in [0.5, 0.6) is 5.75 Å². The third kappa shape index (κ3) is 3.80. The third-order valence-electron chi connectivity index (χ3n) is 3.78. The number of hydrogen-bond acceptors (Lipinski definition) is 3. The predicted octanol–water partition coefficient (Wildman–Crippen LogP) is 2.62. The predicted molar refractivity (Wildman–Crippen MR) is 91.1 cm³/mol. The summed E-state index contributed by atoms with van der Waals surface area (Å²) in [5, 5.41) is 2.95. The number of rotatable bonds is 6. The zero-order chi connectivity index (χ0) is 16.8. The van der Waals surface area contributed by atoms with Crippen molar-refractivity contribution in [3.05, 3.63) is 58.0 Å². The molecule has 0 saturated heterocycles. The standard InChI is InChI=1S/C18H22N2O3/c1-4-13-8-6-9-14(5-2)17(13)19-16(21)12-20-11-7-10-15(23-3)18(20)22/h6-11H,4-5,12H2,1-3H3,(H,19,21). The van der Waals surface area contributed by atoms with Crippen LogP contribution in [-0.4, -0.2) is 17.6 Å². The summed E-state index contributed by atoms with van der Waals surface area (Å²) in [7, 11) is 1.44. The van der Waals surface area contributed by atoms with Crippen LogP contribution in [0, 0.1) is 0 Å². The Balaban J connectivity index is 2.23. The van der Waals surface area contributed by atoms with E-state index in [-0.39, 0.29) is 23.8 Å². The number of pyridine rings is 1. The maximum atomic E-state index is 12.4. The fourth-order valence-electron chi connectivity index (χ4n) is 2.53. The van der Waals surface area contributed by atoms with Crippen molar-refractivity contribution in [2.75, 3.05) is 12.4 Å². The Hall–Kier alpha value is -2.56. The van der Waals surface area contributed by atoms with E-state index in [2.05, 4.69) is 19.2 Å². The van der Waals surface area contributed by atoms with Crippen LogP contribution in [0.15, 0.2) is 41.3 Å². The van der Waals surface area contributed by atoms with Crippen molar-refractivity contribution in [2.45, 2.75) is 33.2 Å². The zero-order valence-electron chi connectivity index (χ0n) is 13.8. The number of carbonyl (C=O) groups is 1. The van der Waals surface area contributed by atoms with Gasteiger partial charge in [0, 0.05) is 11.9 Å². The average molecular weight is 314 g/mol. The van der Waals surface area contributed by atoms with E-state index in [1.807, 2.05) is 18.2 Å². The van der Waals surface area contributed by atoms with Crippen LogP contribution in [0.3, 0.4) is 0 Å².